The van der Waals surface area contributed by atoms with E-state index in [1.165, 1.54) is 29.0 Å². The number of ether oxygens (including phenoxy) is 1. The van der Waals surface area contributed by atoms with E-state index in [2.05, 4.69) is 9.97 Å². The Balaban J connectivity index is 2.03. The third-order valence-corrected chi connectivity index (χ3v) is 4.95. The summed E-state index contributed by atoms with van der Waals surface area (Å²) in [6.07, 6.45) is -2.93. The third-order valence-electron chi connectivity index (χ3n) is 4.10. The first-order valence-electron chi connectivity index (χ1n) is 8.62. The summed E-state index contributed by atoms with van der Waals surface area (Å²) < 4.78 is 81.2. The Morgan fingerprint density at radius 1 is 1.06 bits per heavy atom. The van der Waals surface area contributed by atoms with E-state index < -0.39 is 39.3 Å². The van der Waals surface area contributed by atoms with Crippen LogP contribution >= 0.6 is 0 Å². The molecule has 0 N–H and O–H groups in total. The minimum atomic E-state index is -4.89. The number of pyridine rings is 1. The van der Waals surface area contributed by atoms with Gasteiger partial charge in [0.15, 0.2) is 0 Å². The van der Waals surface area contributed by atoms with Crippen molar-refractivity contribution in [1.29, 1.82) is 0 Å². The molecule has 0 saturated heterocycles. The lowest BCUT2D eigenvalue weighted by molar-refractivity contribution is -0.141. The van der Waals surface area contributed by atoms with Crippen molar-refractivity contribution in [2.45, 2.75) is 17.9 Å². The fraction of sp³-hybridized carbons (Fsp3) is 0.211. The standard InChI is InChI=1S/C19H15F4N3O4S/c1-31(28,29)18-24-15(8-16(25-18)19(21,22)23)13-4-7-17(27)26(10-13)9-12-2-5-14(6-3-12)30-11-20/h2-8,10H,9,11H2,1H3. The van der Waals surface area contributed by atoms with Crippen LogP contribution in [0.2, 0.25) is 0 Å². The number of halogens is 4. The van der Waals surface area contributed by atoms with Crippen molar-refractivity contribution in [2.75, 3.05) is 13.1 Å². The zero-order valence-corrected chi connectivity index (χ0v) is 16.7. The molecule has 2 heterocycles. The Labute approximate surface area is 173 Å². The second kappa shape index (κ2) is 8.46. The summed E-state index contributed by atoms with van der Waals surface area (Å²) in [6.45, 7) is -0.937. The van der Waals surface area contributed by atoms with Crippen molar-refractivity contribution < 1.29 is 30.7 Å². The van der Waals surface area contributed by atoms with E-state index >= 15 is 0 Å². The molecule has 2 aromatic heterocycles. The van der Waals surface area contributed by atoms with Gasteiger partial charge in [0, 0.05) is 24.1 Å². The summed E-state index contributed by atoms with van der Waals surface area (Å²) in [5, 5.41) is -0.974. The van der Waals surface area contributed by atoms with E-state index in [0.717, 1.165) is 6.07 Å². The molecule has 0 atom stereocenters. The molecule has 3 aromatic rings. The fourth-order valence-electron chi connectivity index (χ4n) is 2.64. The topological polar surface area (TPSA) is 91.2 Å². The summed E-state index contributed by atoms with van der Waals surface area (Å²) in [6, 6.07) is 9.18. The lowest BCUT2D eigenvalue weighted by Gasteiger charge is -2.12. The number of nitrogens with zero attached hydrogens (tertiary/aromatic N) is 3. The van der Waals surface area contributed by atoms with Gasteiger partial charge in [-0.25, -0.2) is 22.8 Å². The van der Waals surface area contributed by atoms with E-state index in [1.807, 2.05) is 0 Å². The maximum atomic E-state index is 13.2. The number of sulfone groups is 1. The minimum absolute atomic E-state index is 0.0543. The van der Waals surface area contributed by atoms with E-state index in [9.17, 15) is 30.8 Å². The molecular weight excluding hydrogens is 442 g/mol. The second-order valence-corrected chi connectivity index (χ2v) is 8.38. The van der Waals surface area contributed by atoms with Crippen molar-refractivity contribution in [2.24, 2.45) is 0 Å². The maximum absolute atomic E-state index is 13.2. The summed E-state index contributed by atoms with van der Waals surface area (Å²) in [4.78, 5) is 19.0. The molecule has 0 saturated carbocycles. The minimum Gasteiger partial charge on any atom is -0.463 e. The van der Waals surface area contributed by atoms with Crippen LogP contribution in [-0.2, 0) is 22.6 Å². The number of hydrogen-bond acceptors (Lipinski definition) is 6. The highest BCUT2D eigenvalue weighted by molar-refractivity contribution is 7.90. The molecule has 164 valence electrons. The first kappa shape index (κ1) is 22.4. The zero-order chi connectivity index (χ0) is 22.8. The van der Waals surface area contributed by atoms with Crippen molar-refractivity contribution in [3.05, 3.63) is 70.3 Å². The predicted molar refractivity (Wildman–Crippen MR) is 102 cm³/mol. The smallest absolute Gasteiger partial charge is 0.433 e. The van der Waals surface area contributed by atoms with E-state index in [1.54, 1.807) is 12.1 Å². The molecule has 1 aromatic carbocycles. The van der Waals surface area contributed by atoms with Gasteiger partial charge >= 0.3 is 6.18 Å². The largest absolute Gasteiger partial charge is 0.463 e. The second-order valence-electron chi connectivity index (χ2n) is 6.47. The average Bonchev–Trinajstić information content (AvgIpc) is 2.69. The molecule has 0 aliphatic heterocycles. The Hall–Kier alpha value is -3.28. The summed E-state index contributed by atoms with van der Waals surface area (Å²) >= 11 is 0. The number of benzene rings is 1. The molecule has 3 rings (SSSR count). The first-order valence-corrected chi connectivity index (χ1v) is 10.5. The van der Waals surface area contributed by atoms with Crippen molar-refractivity contribution in [3.8, 4) is 17.0 Å². The number of rotatable bonds is 6. The highest BCUT2D eigenvalue weighted by Crippen LogP contribution is 2.30. The molecule has 0 fully saturated rings. The van der Waals surface area contributed by atoms with Gasteiger partial charge < -0.3 is 9.30 Å². The Kier molecular flexibility index (Phi) is 6.11. The van der Waals surface area contributed by atoms with Gasteiger partial charge in [-0.15, -0.1) is 0 Å². The van der Waals surface area contributed by atoms with E-state index in [0.29, 0.717) is 23.6 Å². The Bertz CT molecular complexity index is 1260. The monoisotopic (exact) mass is 457 g/mol. The highest BCUT2D eigenvalue weighted by Gasteiger charge is 2.35. The summed E-state index contributed by atoms with van der Waals surface area (Å²) in [7, 11) is -4.12. The lowest BCUT2D eigenvalue weighted by Crippen LogP contribution is -2.19. The summed E-state index contributed by atoms with van der Waals surface area (Å²) in [5.74, 6) is 0.293. The van der Waals surface area contributed by atoms with Crippen LogP contribution in [0.4, 0.5) is 17.6 Å². The lowest BCUT2D eigenvalue weighted by atomic mass is 10.1. The van der Waals surface area contributed by atoms with Gasteiger partial charge in [-0.3, -0.25) is 4.79 Å². The normalized spacial score (nSPS) is 12.0. The fourth-order valence-corrected chi connectivity index (χ4v) is 3.17. The molecule has 7 nitrogen and oxygen atoms in total. The van der Waals surface area contributed by atoms with E-state index in [4.69, 9.17) is 4.74 Å². The van der Waals surface area contributed by atoms with Crippen molar-refractivity contribution >= 4 is 9.84 Å². The van der Waals surface area contributed by atoms with Crippen molar-refractivity contribution in [3.63, 3.8) is 0 Å². The van der Waals surface area contributed by atoms with Gasteiger partial charge in [0.25, 0.3) is 5.56 Å². The van der Waals surface area contributed by atoms with Gasteiger partial charge in [-0.05, 0) is 29.8 Å². The van der Waals surface area contributed by atoms with Crippen molar-refractivity contribution in [1.82, 2.24) is 14.5 Å². The van der Waals surface area contributed by atoms with Crippen LogP contribution in [0.5, 0.6) is 5.75 Å². The molecule has 0 bridgehead atoms. The Morgan fingerprint density at radius 2 is 1.74 bits per heavy atom. The van der Waals surface area contributed by atoms with Gasteiger partial charge in [-0.1, -0.05) is 12.1 Å². The number of alkyl halides is 4. The summed E-state index contributed by atoms with van der Waals surface area (Å²) in [5.41, 5.74) is -1.43. The highest BCUT2D eigenvalue weighted by atomic mass is 32.2. The molecule has 0 aliphatic carbocycles. The van der Waals surface area contributed by atoms with Crippen LogP contribution in [0, 0.1) is 0 Å². The quantitative estimate of drug-likeness (QED) is 0.417. The Morgan fingerprint density at radius 3 is 2.32 bits per heavy atom. The number of hydrogen-bond donors (Lipinski definition) is 0. The van der Waals surface area contributed by atoms with Crippen LogP contribution in [-0.4, -0.2) is 36.1 Å². The molecule has 0 radical (unpaired) electrons. The average molecular weight is 457 g/mol. The van der Waals surface area contributed by atoms with Gasteiger partial charge in [0.2, 0.25) is 21.9 Å². The number of aromatic nitrogens is 3. The molecular formula is C19H15F4N3O4S. The maximum Gasteiger partial charge on any atom is 0.433 e. The third kappa shape index (κ3) is 5.45. The molecule has 31 heavy (non-hydrogen) atoms. The first-order chi connectivity index (χ1) is 14.5. The zero-order valence-electron chi connectivity index (χ0n) is 15.9. The van der Waals surface area contributed by atoms with Crippen LogP contribution < -0.4 is 10.3 Å². The molecule has 0 unspecified atom stereocenters. The molecule has 0 amide bonds. The SMILES string of the molecule is CS(=O)(=O)c1nc(-c2ccc(=O)n(Cc3ccc(OCF)cc3)c2)cc(C(F)(F)F)n1. The molecule has 12 heteroatoms. The van der Waals surface area contributed by atoms with Gasteiger partial charge in [0.1, 0.15) is 11.4 Å². The van der Waals surface area contributed by atoms with Crippen LogP contribution in [0.1, 0.15) is 11.3 Å². The molecule has 0 aliphatic rings. The van der Waals surface area contributed by atoms with Crippen LogP contribution in [0.25, 0.3) is 11.3 Å². The van der Waals surface area contributed by atoms with Crippen LogP contribution in [0.15, 0.2) is 58.6 Å². The van der Waals surface area contributed by atoms with Gasteiger partial charge in [-0.2, -0.15) is 13.2 Å². The van der Waals surface area contributed by atoms with E-state index in [-0.39, 0.29) is 17.8 Å². The van der Waals surface area contributed by atoms with Gasteiger partial charge in [0.05, 0.1) is 12.2 Å². The molecule has 0 spiro atoms. The van der Waals surface area contributed by atoms with Crippen LogP contribution in [0.3, 0.4) is 0 Å². The predicted octanol–water partition coefficient (Wildman–Crippen LogP) is 3.08.